The third kappa shape index (κ3) is 4.36. The van der Waals surface area contributed by atoms with E-state index in [0.717, 1.165) is 23.3 Å². The topological polar surface area (TPSA) is 77.5 Å². The molecular weight excluding hydrogens is 364 g/mol. The van der Waals surface area contributed by atoms with Gasteiger partial charge in [-0.25, -0.2) is 9.78 Å². The van der Waals surface area contributed by atoms with E-state index in [1.54, 1.807) is 0 Å². The van der Waals surface area contributed by atoms with Crippen LogP contribution in [0.3, 0.4) is 0 Å². The SMILES string of the molecule is COC(=O)c1sc(NC(=O)C[C@H]2OCCc3ccccc32)nc1C(C)(C)C. The van der Waals surface area contributed by atoms with Crippen molar-refractivity contribution in [3.63, 3.8) is 0 Å². The number of anilines is 1. The number of aromatic nitrogens is 1. The van der Waals surface area contributed by atoms with Crippen molar-refractivity contribution in [2.75, 3.05) is 19.0 Å². The Kier molecular flexibility index (Phi) is 5.62. The quantitative estimate of drug-likeness (QED) is 0.805. The maximum atomic E-state index is 12.6. The molecule has 1 aliphatic heterocycles. The summed E-state index contributed by atoms with van der Waals surface area (Å²) in [5, 5.41) is 3.21. The van der Waals surface area contributed by atoms with E-state index in [-0.39, 0.29) is 23.8 Å². The van der Waals surface area contributed by atoms with Crippen LogP contribution in [0.4, 0.5) is 5.13 Å². The lowest BCUT2D eigenvalue weighted by Gasteiger charge is -2.25. The first-order valence-electron chi connectivity index (χ1n) is 8.88. The van der Waals surface area contributed by atoms with Gasteiger partial charge in [-0.15, -0.1) is 0 Å². The van der Waals surface area contributed by atoms with Gasteiger partial charge in [0.1, 0.15) is 4.88 Å². The second-order valence-corrected chi connectivity index (χ2v) is 8.50. The first kappa shape index (κ1) is 19.5. The van der Waals surface area contributed by atoms with E-state index in [0.29, 0.717) is 22.3 Å². The Balaban J connectivity index is 1.75. The molecule has 0 fully saturated rings. The number of carbonyl (C=O) groups is 2. The van der Waals surface area contributed by atoms with Gasteiger partial charge in [0.15, 0.2) is 5.13 Å². The summed E-state index contributed by atoms with van der Waals surface area (Å²) >= 11 is 1.14. The highest BCUT2D eigenvalue weighted by Crippen LogP contribution is 2.34. The molecule has 3 rings (SSSR count). The van der Waals surface area contributed by atoms with Crippen LogP contribution in [-0.4, -0.2) is 30.6 Å². The molecule has 1 aliphatic rings. The number of benzene rings is 1. The molecule has 2 heterocycles. The maximum absolute atomic E-state index is 12.6. The lowest BCUT2D eigenvalue weighted by molar-refractivity contribution is -0.119. The second-order valence-electron chi connectivity index (χ2n) is 7.50. The molecule has 144 valence electrons. The van der Waals surface area contributed by atoms with Gasteiger partial charge in [0.25, 0.3) is 0 Å². The van der Waals surface area contributed by atoms with Crippen LogP contribution in [0.5, 0.6) is 0 Å². The van der Waals surface area contributed by atoms with Gasteiger partial charge in [-0.2, -0.15) is 0 Å². The molecule has 7 heteroatoms. The number of rotatable bonds is 4. The average Bonchev–Trinajstić information content (AvgIpc) is 3.05. The van der Waals surface area contributed by atoms with E-state index in [1.165, 1.54) is 12.7 Å². The zero-order chi connectivity index (χ0) is 19.6. The van der Waals surface area contributed by atoms with Crippen LogP contribution in [-0.2, 0) is 26.1 Å². The Morgan fingerprint density at radius 1 is 1.33 bits per heavy atom. The minimum absolute atomic E-state index is 0.192. The number of amides is 1. The predicted molar refractivity (Wildman–Crippen MR) is 104 cm³/mol. The van der Waals surface area contributed by atoms with Crippen molar-refractivity contribution >= 4 is 28.3 Å². The number of carbonyl (C=O) groups excluding carboxylic acids is 2. The molecule has 0 saturated carbocycles. The smallest absolute Gasteiger partial charge is 0.350 e. The van der Waals surface area contributed by atoms with Gasteiger partial charge < -0.3 is 14.8 Å². The van der Waals surface area contributed by atoms with Gasteiger partial charge >= 0.3 is 5.97 Å². The summed E-state index contributed by atoms with van der Waals surface area (Å²) in [4.78, 5) is 29.5. The predicted octanol–water partition coefficient (Wildman–Crippen LogP) is 3.87. The third-order valence-electron chi connectivity index (χ3n) is 4.42. The van der Waals surface area contributed by atoms with Crippen LogP contribution >= 0.6 is 11.3 Å². The Bertz CT molecular complexity index is 854. The Morgan fingerprint density at radius 2 is 2.07 bits per heavy atom. The van der Waals surface area contributed by atoms with Gasteiger partial charge in [0.05, 0.1) is 31.9 Å². The molecule has 0 bridgehead atoms. The minimum atomic E-state index is -0.442. The van der Waals surface area contributed by atoms with Crippen LogP contribution in [0.15, 0.2) is 24.3 Å². The van der Waals surface area contributed by atoms with Crippen LogP contribution in [0, 0.1) is 0 Å². The van der Waals surface area contributed by atoms with Crippen LogP contribution in [0.1, 0.15) is 59.8 Å². The lowest BCUT2D eigenvalue weighted by Crippen LogP contribution is -2.22. The summed E-state index contributed by atoms with van der Waals surface area (Å²) in [6.07, 6.45) is 0.796. The van der Waals surface area contributed by atoms with E-state index in [9.17, 15) is 9.59 Å². The van der Waals surface area contributed by atoms with Crippen molar-refractivity contribution in [1.29, 1.82) is 0 Å². The molecule has 0 unspecified atom stereocenters. The summed E-state index contributed by atoms with van der Waals surface area (Å²) in [7, 11) is 1.34. The van der Waals surface area contributed by atoms with Crippen LogP contribution in [0.25, 0.3) is 0 Å². The normalized spacial score (nSPS) is 16.5. The van der Waals surface area contributed by atoms with Crippen molar-refractivity contribution in [3.8, 4) is 0 Å². The third-order valence-corrected chi connectivity index (χ3v) is 5.37. The van der Waals surface area contributed by atoms with E-state index in [1.807, 2.05) is 39.0 Å². The fourth-order valence-electron chi connectivity index (χ4n) is 3.10. The fourth-order valence-corrected chi connectivity index (χ4v) is 4.21. The van der Waals surface area contributed by atoms with Crippen molar-refractivity contribution in [1.82, 2.24) is 4.98 Å². The molecule has 27 heavy (non-hydrogen) atoms. The molecule has 1 aromatic heterocycles. The number of ether oxygens (including phenoxy) is 2. The monoisotopic (exact) mass is 388 g/mol. The molecule has 6 nitrogen and oxygen atoms in total. The lowest BCUT2D eigenvalue weighted by atomic mass is 9.91. The van der Waals surface area contributed by atoms with Crippen LogP contribution in [0.2, 0.25) is 0 Å². The van der Waals surface area contributed by atoms with E-state index < -0.39 is 5.97 Å². The number of nitrogens with one attached hydrogen (secondary N) is 1. The highest BCUT2D eigenvalue weighted by atomic mass is 32.1. The number of fused-ring (bicyclic) bond motifs is 1. The standard InChI is InChI=1S/C20H24N2O4S/c1-20(2,3)17-16(18(24)25-4)27-19(22-17)21-15(23)11-14-13-8-6-5-7-12(13)9-10-26-14/h5-8,14H,9-11H2,1-4H3,(H,21,22,23)/t14-/m1/s1. The zero-order valence-corrected chi connectivity index (χ0v) is 16.8. The summed E-state index contributed by atoms with van der Waals surface area (Å²) in [6, 6.07) is 8.03. The van der Waals surface area contributed by atoms with E-state index in [2.05, 4.69) is 16.4 Å². The summed E-state index contributed by atoms with van der Waals surface area (Å²) in [5.74, 6) is -0.634. The molecule has 0 aliphatic carbocycles. The molecule has 0 spiro atoms. The van der Waals surface area contributed by atoms with E-state index in [4.69, 9.17) is 9.47 Å². The molecule has 1 atom stereocenters. The number of methoxy groups -OCH3 is 1. The Labute approximate surface area is 162 Å². The average molecular weight is 388 g/mol. The van der Waals surface area contributed by atoms with Gasteiger partial charge in [-0.1, -0.05) is 56.4 Å². The molecule has 2 aromatic rings. The number of esters is 1. The Hall–Kier alpha value is -2.25. The summed E-state index contributed by atoms with van der Waals surface area (Å²) in [6.45, 7) is 6.50. The molecule has 0 saturated heterocycles. The molecule has 1 aromatic carbocycles. The zero-order valence-electron chi connectivity index (χ0n) is 16.0. The molecule has 1 N–H and O–H groups in total. The maximum Gasteiger partial charge on any atom is 0.350 e. The van der Waals surface area contributed by atoms with Gasteiger partial charge in [-0.05, 0) is 17.5 Å². The molecule has 1 amide bonds. The number of thiazole rings is 1. The molecule has 0 radical (unpaired) electrons. The van der Waals surface area contributed by atoms with Crippen molar-refractivity contribution < 1.29 is 19.1 Å². The Morgan fingerprint density at radius 3 is 2.78 bits per heavy atom. The summed E-state index contributed by atoms with van der Waals surface area (Å²) in [5.41, 5.74) is 2.56. The highest BCUT2D eigenvalue weighted by Gasteiger charge is 2.29. The van der Waals surface area contributed by atoms with Gasteiger partial charge in [0.2, 0.25) is 5.91 Å². The van der Waals surface area contributed by atoms with Crippen molar-refractivity contribution in [2.24, 2.45) is 0 Å². The molecular formula is C20H24N2O4S. The minimum Gasteiger partial charge on any atom is -0.465 e. The fraction of sp³-hybridized carbons (Fsp3) is 0.450. The van der Waals surface area contributed by atoms with Crippen molar-refractivity contribution in [2.45, 2.75) is 45.1 Å². The second kappa shape index (κ2) is 7.78. The number of nitrogens with zero attached hydrogens (tertiary/aromatic N) is 1. The first-order valence-corrected chi connectivity index (χ1v) is 9.70. The largest absolute Gasteiger partial charge is 0.465 e. The first-order chi connectivity index (χ1) is 12.8. The number of hydrogen-bond acceptors (Lipinski definition) is 6. The number of hydrogen-bond donors (Lipinski definition) is 1. The highest BCUT2D eigenvalue weighted by molar-refractivity contribution is 7.17. The van der Waals surface area contributed by atoms with Crippen molar-refractivity contribution in [3.05, 3.63) is 46.0 Å². The van der Waals surface area contributed by atoms with Gasteiger partial charge in [-0.3, -0.25) is 4.79 Å². The van der Waals surface area contributed by atoms with E-state index >= 15 is 0 Å². The summed E-state index contributed by atoms with van der Waals surface area (Å²) < 4.78 is 10.6. The van der Waals surface area contributed by atoms with Gasteiger partial charge in [0, 0.05) is 5.41 Å². The van der Waals surface area contributed by atoms with Crippen LogP contribution < -0.4 is 5.32 Å².